The van der Waals surface area contributed by atoms with Crippen molar-refractivity contribution in [2.75, 3.05) is 7.05 Å². The largest absolute Gasteiger partial charge is 0.490 e. The van der Waals surface area contributed by atoms with Gasteiger partial charge in [0, 0.05) is 19.2 Å². The van der Waals surface area contributed by atoms with E-state index >= 15 is 0 Å². The lowest BCUT2D eigenvalue weighted by molar-refractivity contribution is -0.384. The van der Waals surface area contributed by atoms with Gasteiger partial charge in [-0.25, -0.2) is 0 Å². The topological polar surface area (TPSA) is 81.5 Å². The normalized spacial score (nSPS) is 14.2. The number of nitro groups is 1. The third kappa shape index (κ3) is 2.52. The fourth-order valence-electron chi connectivity index (χ4n) is 1.41. The van der Waals surface area contributed by atoms with Gasteiger partial charge in [-0.05, 0) is 18.9 Å². The minimum absolute atomic E-state index is 0.119. The molecule has 0 bridgehead atoms. The molecule has 1 N–H and O–H groups in total. The highest BCUT2D eigenvalue weighted by atomic mass is 16.6. The molecule has 0 aliphatic heterocycles. The van der Waals surface area contributed by atoms with Crippen LogP contribution in [0.15, 0.2) is 18.2 Å². The van der Waals surface area contributed by atoms with Crippen LogP contribution < -0.4 is 10.1 Å². The third-order valence-electron chi connectivity index (χ3n) is 2.46. The monoisotopic (exact) mass is 236 g/mol. The van der Waals surface area contributed by atoms with E-state index < -0.39 is 4.92 Å². The number of nitrogens with zero attached hydrogens (tertiary/aromatic N) is 1. The quantitative estimate of drug-likeness (QED) is 0.634. The Morgan fingerprint density at radius 3 is 2.76 bits per heavy atom. The van der Waals surface area contributed by atoms with Crippen molar-refractivity contribution in [1.82, 2.24) is 5.32 Å². The molecule has 0 radical (unpaired) electrons. The van der Waals surface area contributed by atoms with Gasteiger partial charge in [0.1, 0.15) is 5.75 Å². The molecule has 0 heterocycles. The van der Waals surface area contributed by atoms with E-state index in [0.717, 1.165) is 12.8 Å². The van der Waals surface area contributed by atoms with Gasteiger partial charge in [-0.15, -0.1) is 0 Å². The van der Waals surface area contributed by atoms with Crippen LogP contribution in [-0.4, -0.2) is 24.0 Å². The molecule has 1 fully saturated rings. The lowest BCUT2D eigenvalue weighted by atomic mass is 10.1. The maximum absolute atomic E-state index is 11.6. The Kier molecular flexibility index (Phi) is 2.95. The average molecular weight is 236 g/mol. The Morgan fingerprint density at radius 1 is 1.53 bits per heavy atom. The lowest BCUT2D eigenvalue weighted by Gasteiger charge is -2.09. The van der Waals surface area contributed by atoms with Gasteiger partial charge in [-0.1, -0.05) is 0 Å². The number of hydrogen-bond donors (Lipinski definition) is 1. The Labute approximate surface area is 97.7 Å². The summed E-state index contributed by atoms with van der Waals surface area (Å²) in [5.41, 5.74) is 0.0837. The van der Waals surface area contributed by atoms with E-state index in [1.54, 1.807) is 0 Å². The smallest absolute Gasteiger partial charge is 0.270 e. The summed E-state index contributed by atoms with van der Waals surface area (Å²) in [5.74, 6) is 0.0156. The number of nitro benzene ring substituents is 1. The van der Waals surface area contributed by atoms with Crippen molar-refractivity contribution in [1.29, 1.82) is 0 Å². The van der Waals surface area contributed by atoms with E-state index in [1.807, 2.05) is 0 Å². The van der Waals surface area contributed by atoms with E-state index in [2.05, 4.69) is 5.32 Å². The number of ether oxygens (including phenoxy) is 1. The van der Waals surface area contributed by atoms with Gasteiger partial charge in [-0.3, -0.25) is 14.9 Å². The van der Waals surface area contributed by atoms with Crippen LogP contribution in [0, 0.1) is 10.1 Å². The number of nitrogens with one attached hydrogen (secondary N) is 1. The predicted molar refractivity (Wildman–Crippen MR) is 60.1 cm³/mol. The summed E-state index contributed by atoms with van der Waals surface area (Å²) < 4.78 is 5.53. The molecule has 17 heavy (non-hydrogen) atoms. The number of benzene rings is 1. The van der Waals surface area contributed by atoms with Gasteiger partial charge in [0.25, 0.3) is 11.6 Å². The first kappa shape index (κ1) is 11.4. The molecule has 0 spiro atoms. The molecule has 0 atom stereocenters. The van der Waals surface area contributed by atoms with Crippen molar-refractivity contribution < 1.29 is 14.5 Å². The summed E-state index contributed by atoms with van der Waals surface area (Å²) >= 11 is 0. The van der Waals surface area contributed by atoms with Crippen LogP contribution in [0.5, 0.6) is 5.75 Å². The molecular formula is C11H12N2O4. The van der Waals surface area contributed by atoms with E-state index in [9.17, 15) is 14.9 Å². The first-order valence-electron chi connectivity index (χ1n) is 5.29. The number of rotatable bonds is 4. The average Bonchev–Trinajstić information content (AvgIpc) is 3.12. The fraction of sp³-hybridized carbons (Fsp3) is 0.364. The van der Waals surface area contributed by atoms with Gasteiger partial charge < -0.3 is 10.1 Å². The molecule has 0 saturated heterocycles. The van der Waals surface area contributed by atoms with Crippen molar-refractivity contribution in [3.05, 3.63) is 33.9 Å². The second kappa shape index (κ2) is 4.40. The van der Waals surface area contributed by atoms with Crippen molar-refractivity contribution in [2.24, 2.45) is 0 Å². The molecule has 1 aliphatic carbocycles. The summed E-state index contributed by atoms with van der Waals surface area (Å²) in [6, 6.07) is 4.04. The summed E-state index contributed by atoms with van der Waals surface area (Å²) in [6.07, 6.45) is 2.06. The number of carbonyl (C=O) groups excluding carboxylic acids is 1. The van der Waals surface area contributed by atoms with Gasteiger partial charge in [0.15, 0.2) is 0 Å². The predicted octanol–water partition coefficient (Wildman–Crippen LogP) is 1.50. The first-order chi connectivity index (χ1) is 8.11. The van der Waals surface area contributed by atoms with E-state index in [4.69, 9.17) is 4.74 Å². The molecule has 0 unspecified atom stereocenters. The number of carbonyl (C=O) groups is 1. The Bertz CT molecular complexity index is 469. The molecule has 1 aliphatic rings. The lowest BCUT2D eigenvalue weighted by Crippen LogP contribution is -2.19. The van der Waals surface area contributed by atoms with Crippen LogP contribution in [0.2, 0.25) is 0 Å². The van der Waals surface area contributed by atoms with Gasteiger partial charge >= 0.3 is 0 Å². The van der Waals surface area contributed by atoms with Gasteiger partial charge in [0.05, 0.1) is 16.6 Å². The van der Waals surface area contributed by atoms with Crippen molar-refractivity contribution in [3.8, 4) is 5.75 Å². The minimum Gasteiger partial charge on any atom is -0.490 e. The van der Waals surface area contributed by atoms with E-state index in [0.29, 0.717) is 5.75 Å². The number of amides is 1. The highest BCUT2D eigenvalue weighted by molar-refractivity contribution is 5.97. The molecule has 1 saturated carbocycles. The maximum atomic E-state index is 11.6. The van der Waals surface area contributed by atoms with Crippen LogP contribution in [0.25, 0.3) is 0 Å². The van der Waals surface area contributed by atoms with Crippen LogP contribution in [0.3, 0.4) is 0 Å². The number of hydrogen-bond acceptors (Lipinski definition) is 4. The second-order valence-corrected chi connectivity index (χ2v) is 3.83. The molecule has 6 heteroatoms. The second-order valence-electron chi connectivity index (χ2n) is 3.83. The molecule has 2 rings (SSSR count). The zero-order valence-electron chi connectivity index (χ0n) is 9.30. The molecule has 1 aromatic carbocycles. The minimum atomic E-state index is -0.534. The Balaban J connectivity index is 2.35. The fourth-order valence-corrected chi connectivity index (χ4v) is 1.41. The molecule has 0 aromatic heterocycles. The van der Waals surface area contributed by atoms with Crippen molar-refractivity contribution in [2.45, 2.75) is 18.9 Å². The Hall–Kier alpha value is -2.11. The van der Waals surface area contributed by atoms with E-state index in [1.165, 1.54) is 25.2 Å². The summed E-state index contributed by atoms with van der Waals surface area (Å²) in [4.78, 5) is 21.7. The Morgan fingerprint density at radius 2 is 2.24 bits per heavy atom. The molecular weight excluding hydrogens is 224 g/mol. The molecule has 1 amide bonds. The van der Waals surface area contributed by atoms with Crippen LogP contribution in [0.1, 0.15) is 23.2 Å². The van der Waals surface area contributed by atoms with Crippen LogP contribution in [0.4, 0.5) is 5.69 Å². The highest BCUT2D eigenvalue weighted by Crippen LogP contribution is 2.31. The summed E-state index contributed by atoms with van der Waals surface area (Å²) in [6.45, 7) is 0. The van der Waals surface area contributed by atoms with Crippen molar-refractivity contribution in [3.63, 3.8) is 0 Å². The molecule has 1 aromatic rings. The standard InChI is InChI=1S/C11H12N2O4/c1-12-11(14)9-6-7(13(15)16)2-5-10(9)17-8-3-4-8/h2,5-6,8H,3-4H2,1H3,(H,12,14). The first-order valence-corrected chi connectivity index (χ1v) is 5.29. The van der Waals surface area contributed by atoms with Gasteiger partial charge in [-0.2, -0.15) is 0 Å². The zero-order valence-corrected chi connectivity index (χ0v) is 9.30. The number of non-ortho nitro benzene ring substituents is 1. The summed E-state index contributed by atoms with van der Waals surface area (Å²) in [7, 11) is 1.47. The zero-order chi connectivity index (χ0) is 12.4. The summed E-state index contributed by atoms with van der Waals surface area (Å²) in [5, 5.41) is 13.1. The molecule has 6 nitrogen and oxygen atoms in total. The van der Waals surface area contributed by atoms with Crippen LogP contribution >= 0.6 is 0 Å². The van der Waals surface area contributed by atoms with Crippen molar-refractivity contribution >= 4 is 11.6 Å². The highest BCUT2D eigenvalue weighted by Gasteiger charge is 2.26. The van der Waals surface area contributed by atoms with Crippen LogP contribution in [-0.2, 0) is 0 Å². The molecule has 90 valence electrons. The van der Waals surface area contributed by atoms with Gasteiger partial charge in [0.2, 0.25) is 0 Å². The maximum Gasteiger partial charge on any atom is 0.270 e. The van der Waals surface area contributed by atoms with E-state index in [-0.39, 0.29) is 23.3 Å². The third-order valence-corrected chi connectivity index (χ3v) is 2.46. The SMILES string of the molecule is CNC(=O)c1cc([N+](=O)[O-])ccc1OC1CC1.